The standard InChI is InChI=1S/C12H10Cl2N4O4S/c13-9-5-16-18(12(20)11(9)14)6-10(19)17-7-2-1-3-8(4-7)23(15,21)22/h1-5H,6H2,(H,17,19)(H2,15,21,22). The minimum Gasteiger partial charge on any atom is -0.324 e. The molecule has 1 aromatic heterocycles. The molecule has 0 aliphatic rings. The Balaban J connectivity index is 2.18. The first-order valence-electron chi connectivity index (χ1n) is 6.02. The van der Waals surface area contributed by atoms with Crippen LogP contribution in [0.1, 0.15) is 0 Å². The largest absolute Gasteiger partial charge is 0.324 e. The fraction of sp³-hybridized carbons (Fsp3) is 0.0833. The summed E-state index contributed by atoms with van der Waals surface area (Å²) < 4.78 is 23.3. The Morgan fingerprint density at radius 3 is 2.70 bits per heavy atom. The molecule has 1 heterocycles. The summed E-state index contributed by atoms with van der Waals surface area (Å²) in [4.78, 5) is 23.5. The normalized spacial score (nSPS) is 11.3. The highest BCUT2D eigenvalue weighted by molar-refractivity contribution is 7.89. The minimum absolute atomic E-state index is 0.0193. The van der Waals surface area contributed by atoms with E-state index in [0.29, 0.717) is 0 Å². The molecule has 122 valence electrons. The second kappa shape index (κ2) is 6.67. The summed E-state index contributed by atoms with van der Waals surface area (Å²) in [5.41, 5.74) is -0.512. The van der Waals surface area contributed by atoms with Crippen LogP contribution in [0.3, 0.4) is 0 Å². The van der Waals surface area contributed by atoms with E-state index in [0.717, 1.165) is 10.9 Å². The van der Waals surface area contributed by atoms with Crippen molar-refractivity contribution in [1.29, 1.82) is 0 Å². The summed E-state index contributed by atoms with van der Waals surface area (Å²) in [6.45, 7) is -0.421. The number of carbonyl (C=O) groups excluding carboxylic acids is 1. The van der Waals surface area contributed by atoms with Crippen LogP contribution >= 0.6 is 23.2 Å². The van der Waals surface area contributed by atoms with E-state index in [1.165, 1.54) is 24.3 Å². The number of nitrogens with one attached hydrogen (secondary N) is 1. The maximum atomic E-state index is 11.9. The molecule has 2 aromatic rings. The predicted octanol–water partition coefficient (Wildman–Crippen LogP) is 0.836. The zero-order chi connectivity index (χ0) is 17.2. The van der Waals surface area contributed by atoms with Crippen LogP contribution in [0.4, 0.5) is 5.69 Å². The van der Waals surface area contributed by atoms with Crippen molar-refractivity contribution in [2.75, 3.05) is 5.32 Å². The molecule has 23 heavy (non-hydrogen) atoms. The van der Waals surface area contributed by atoms with Crippen LogP contribution < -0.4 is 16.0 Å². The van der Waals surface area contributed by atoms with Crippen LogP contribution in [-0.2, 0) is 21.4 Å². The van der Waals surface area contributed by atoms with Crippen molar-refractivity contribution in [1.82, 2.24) is 9.78 Å². The van der Waals surface area contributed by atoms with Gasteiger partial charge in [0.2, 0.25) is 15.9 Å². The molecule has 0 saturated heterocycles. The van der Waals surface area contributed by atoms with Gasteiger partial charge >= 0.3 is 0 Å². The monoisotopic (exact) mass is 376 g/mol. The van der Waals surface area contributed by atoms with Gasteiger partial charge in [0.1, 0.15) is 11.6 Å². The fourth-order valence-corrected chi connectivity index (χ4v) is 2.48. The molecule has 0 aliphatic heterocycles. The summed E-state index contributed by atoms with van der Waals surface area (Å²) >= 11 is 11.3. The highest BCUT2D eigenvalue weighted by Gasteiger charge is 2.12. The van der Waals surface area contributed by atoms with Gasteiger partial charge in [-0.3, -0.25) is 9.59 Å². The number of benzene rings is 1. The summed E-state index contributed by atoms with van der Waals surface area (Å²) in [6, 6.07) is 5.37. The van der Waals surface area contributed by atoms with E-state index in [4.69, 9.17) is 28.3 Å². The van der Waals surface area contributed by atoms with Crippen LogP contribution in [0.25, 0.3) is 0 Å². The molecule has 0 atom stereocenters. The first kappa shape index (κ1) is 17.4. The molecule has 0 radical (unpaired) electrons. The highest BCUT2D eigenvalue weighted by atomic mass is 35.5. The number of anilines is 1. The summed E-state index contributed by atoms with van der Waals surface area (Å²) in [5.74, 6) is -0.607. The average molecular weight is 377 g/mol. The van der Waals surface area contributed by atoms with Gasteiger partial charge in [0.05, 0.1) is 16.1 Å². The second-order valence-electron chi connectivity index (χ2n) is 4.39. The molecule has 2 rings (SSSR count). The Morgan fingerprint density at radius 1 is 1.35 bits per heavy atom. The zero-order valence-corrected chi connectivity index (χ0v) is 13.7. The molecule has 8 nitrogen and oxygen atoms in total. The van der Waals surface area contributed by atoms with Crippen molar-refractivity contribution in [3.63, 3.8) is 0 Å². The molecule has 0 fully saturated rings. The van der Waals surface area contributed by atoms with Crippen LogP contribution in [0.2, 0.25) is 10.0 Å². The third-order valence-corrected chi connectivity index (χ3v) is 4.34. The second-order valence-corrected chi connectivity index (χ2v) is 6.74. The molecule has 3 N–H and O–H groups in total. The lowest BCUT2D eigenvalue weighted by Gasteiger charge is -2.08. The Kier molecular flexibility index (Phi) is 5.05. The molecule has 11 heteroatoms. The number of sulfonamides is 1. The van der Waals surface area contributed by atoms with Gasteiger partial charge in [0, 0.05) is 5.69 Å². The van der Waals surface area contributed by atoms with Crippen molar-refractivity contribution in [2.45, 2.75) is 11.4 Å². The van der Waals surface area contributed by atoms with Crippen molar-refractivity contribution >= 4 is 44.8 Å². The SMILES string of the molecule is NS(=O)(=O)c1cccc(NC(=O)Cn2ncc(Cl)c(Cl)c2=O)c1. The number of primary sulfonamides is 1. The number of nitrogens with two attached hydrogens (primary N) is 1. The molecule has 0 saturated carbocycles. The molecule has 0 aliphatic carbocycles. The van der Waals surface area contributed by atoms with Crippen LogP contribution in [-0.4, -0.2) is 24.1 Å². The molecule has 0 bridgehead atoms. The fourth-order valence-electron chi connectivity index (χ4n) is 1.64. The summed E-state index contributed by atoms with van der Waals surface area (Å²) in [5, 5.41) is 10.9. The van der Waals surface area contributed by atoms with Gasteiger partial charge in [0.15, 0.2) is 0 Å². The van der Waals surface area contributed by atoms with Gasteiger partial charge in [-0.2, -0.15) is 5.10 Å². The van der Waals surface area contributed by atoms with Gasteiger partial charge in [-0.25, -0.2) is 18.2 Å². The van der Waals surface area contributed by atoms with E-state index < -0.39 is 28.0 Å². The van der Waals surface area contributed by atoms with Gasteiger partial charge in [-0.1, -0.05) is 29.3 Å². The lowest BCUT2D eigenvalue weighted by molar-refractivity contribution is -0.117. The van der Waals surface area contributed by atoms with E-state index in [2.05, 4.69) is 10.4 Å². The maximum absolute atomic E-state index is 11.9. The van der Waals surface area contributed by atoms with Crippen LogP contribution in [0, 0.1) is 0 Å². The number of halogens is 2. The third kappa shape index (κ3) is 4.29. The molecule has 1 aromatic carbocycles. The third-order valence-electron chi connectivity index (χ3n) is 2.68. The number of aromatic nitrogens is 2. The quantitative estimate of drug-likeness (QED) is 0.817. The van der Waals surface area contributed by atoms with Crippen LogP contribution in [0.15, 0.2) is 40.2 Å². The average Bonchev–Trinajstić information content (AvgIpc) is 2.47. The summed E-state index contributed by atoms with van der Waals surface area (Å²) in [6.07, 6.45) is 1.14. The number of amides is 1. The van der Waals surface area contributed by atoms with Crippen molar-refractivity contribution in [3.05, 3.63) is 50.9 Å². The topological polar surface area (TPSA) is 124 Å². The van der Waals surface area contributed by atoms with E-state index in [9.17, 15) is 18.0 Å². The number of carbonyl (C=O) groups is 1. The highest BCUT2D eigenvalue weighted by Crippen LogP contribution is 2.15. The summed E-state index contributed by atoms with van der Waals surface area (Å²) in [7, 11) is -3.89. The smallest absolute Gasteiger partial charge is 0.287 e. The van der Waals surface area contributed by atoms with E-state index in [1.54, 1.807) is 0 Å². The first-order chi connectivity index (χ1) is 10.7. The molecule has 1 amide bonds. The number of hydrogen-bond donors (Lipinski definition) is 2. The Hall–Kier alpha value is -1.94. The Bertz CT molecular complexity index is 927. The molecule has 0 spiro atoms. The predicted molar refractivity (Wildman–Crippen MR) is 85.0 cm³/mol. The van der Waals surface area contributed by atoms with Crippen LogP contribution in [0.5, 0.6) is 0 Å². The van der Waals surface area contributed by atoms with Gasteiger partial charge < -0.3 is 5.32 Å². The van der Waals surface area contributed by atoms with E-state index >= 15 is 0 Å². The van der Waals surface area contributed by atoms with Crippen molar-refractivity contribution in [2.24, 2.45) is 5.14 Å². The van der Waals surface area contributed by atoms with E-state index in [1.807, 2.05) is 0 Å². The first-order valence-corrected chi connectivity index (χ1v) is 8.32. The lowest BCUT2D eigenvalue weighted by Crippen LogP contribution is -2.29. The van der Waals surface area contributed by atoms with Gasteiger partial charge in [-0.05, 0) is 18.2 Å². The number of hydrogen-bond acceptors (Lipinski definition) is 5. The van der Waals surface area contributed by atoms with Gasteiger partial charge in [-0.15, -0.1) is 0 Å². The minimum atomic E-state index is -3.89. The molecular formula is C12H10Cl2N4O4S. The lowest BCUT2D eigenvalue weighted by atomic mass is 10.3. The molecule has 0 unspecified atom stereocenters. The zero-order valence-electron chi connectivity index (χ0n) is 11.4. The van der Waals surface area contributed by atoms with E-state index in [-0.39, 0.29) is 20.6 Å². The number of nitrogens with zero attached hydrogens (tertiary/aromatic N) is 2. The van der Waals surface area contributed by atoms with Crippen molar-refractivity contribution < 1.29 is 13.2 Å². The molecular weight excluding hydrogens is 367 g/mol. The van der Waals surface area contributed by atoms with Gasteiger partial charge in [0.25, 0.3) is 5.56 Å². The van der Waals surface area contributed by atoms with Crippen molar-refractivity contribution in [3.8, 4) is 0 Å². The maximum Gasteiger partial charge on any atom is 0.287 e. The Labute approximate surface area is 140 Å². The number of rotatable bonds is 4. The Morgan fingerprint density at radius 2 is 2.04 bits per heavy atom.